The van der Waals surface area contributed by atoms with Crippen molar-refractivity contribution >= 4 is 29.1 Å². The van der Waals surface area contributed by atoms with Gasteiger partial charge in [-0.1, -0.05) is 17.7 Å². The van der Waals surface area contributed by atoms with Crippen molar-refractivity contribution in [2.24, 2.45) is 23.2 Å². The fourth-order valence-electron chi connectivity index (χ4n) is 8.49. The predicted octanol–water partition coefficient (Wildman–Crippen LogP) is 4.18. The lowest BCUT2D eigenvalue weighted by Gasteiger charge is -2.56. The minimum atomic E-state index is -0.258. The van der Waals surface area contributed by atoms with E-state index < -0.39 is 0 Å². The predicted molar refractivity (Wildman–Crippen MR) is 143 cm³/mol. The summed E-state index contributed by atoms with van der Waals surface area (Å²) in [4.78, 5) is 33.8. The second kappa shape index (κ2) is 10.2. The molecule has 6 nitrogen and oxygen atoms in total. The molecule has 36 heavy (non-hydrogen) atoms. The van der Waals surface area contributed by atoms with E-state index in [1.807, 2.05) is 23.1 Å². The van der Waals surface area contributed by atoms with Crippen molar-refractivity contribution in [3.63, 3.8) is 0 Å². The number of rotatable bonds is 7. The van der Waals surface area contributed by atoms with Crippen LogP contribution in [0.25, 0.3) is 0 Å². The van der Waals surface area contributed by atoms with Crippen molar-refractivity contribution in [2.45, 2.75) is 63.8 Å². The van der Waals surface area contributed by atoms with E-state index >= 15 is 0 Å². The first-order valence-corrected chi connectivity index (χ1v) is 14.7. The molecule has 7 heteroatoms. The molecule has 0 aromatic heterocycles. The molecule has 196 valence electrons. The van der Waals surface area contributed by atoms with Gasteiger partial charge in [0, 0.05) is 50.0 Å². The Bertz CT molecular complexity index is 940. The highest BCUT2D eigenvalue weighted by molar-refractivity contribution is 6.30. The van der Waals surface area contributed by atoms with Gasteiger partial charge in [-0.25, -0.2) is 0 Å². The van der Waals surface area contributed by atoms with Gasteiger partial charge in [0.2, 0.25) is 11.8 Å². The molecule has 4 bridgehead atoms. The number of hydrogen-bond donors (Lipinski definition) is 1. The molecular weight excluding hydrogens is 472 g/mol. The van der Waals surface area contributed by atoms with E-state index in [-0.39, 0.29) is 17.4 Å². The molecular formula is C29H41ClN4O2. The van der Waals surface area contributed by atoms with Crippen LogP contribution in [0.2, 0.25) is 5.02 Å². The summed E-state index contributed by atoms with van der Waals surface area (Å²) >= 11 is 6.15. The molecule has 6 fully saturated rings. The second-order valence-electron chi connectivity index (χ2n) is 12.3. The summed E-state index contributed by atoms with van der Waals surface area (Å²) in [5, 5.41) is 3.96. The van der Waals surface area contributed by atoms with E-state index in [1.54, 1.807) is 0 Å². The number of benzene rings is 1. The molecule has 0 unspecified atom stereocenters. The molecule has 4 saturated carbocycles. The summed E-state index contributed by atoms with van der Waals surface area (Å²) < 4.78 is 0. The van der Waals surface area contributed by atoms with E-state index in [2.05, 4.69) is 21.2 Å². The lowest BCUT2D eigenvalue weighted by molar-refractivity contribution is -0.160. The molecule has 1 aromatic carbocycles. The number of likely N-dealkylation sites (tertiary alicyclic amines) is 1. The zero-order valence-corrected chi connectivity index (χ0v) is 22.2. The van der Waals surface area contributed by atoms with E-state index in [9.17, 15) is 9.59 Å². The molecule has 2 heterocycles. The molecule has 1 N–H and O–H groups in total. The van der Waals surface area contributed by atoms with E-state index in [1.165, 1.54) is 24.9 Å². The van der Waals surface area contributed by atoms with Crippen LogP contribution in [0, 0.1) is 23.2 Å². The van der Waals surface area contributed by atoms with Crippen LogP contribution >= 0.6 is 11.6 Å². The summed E-state index contributed by atoms with van der Waals surface area (Å²) in [6.45, 7) is 6.47. The van der Waals surface area contributed by atoms with Crippen molar-refractivity contribution < 1.29 is 9.59 Å². The number of piperazine rings is 1. The van der Waals surface area contributed by atoms with Gasteiger partial charge in [-0.15, -0.1) is 0 Å². The van der Waals surface area contributed by atoms with Crippen molar-refractivity contribution in [1.29, 1.82) is 0 Å². The first-order chi connectivity index (χ1) is 17.5. The van der Waals surface area contributed by atoms with Gasteiger partial charge in [-0.3, -0.25) is 14.5 Å². The van der Waals surface area contributed by atoms with Gasteiger partial charge in [0.25, 0.3) is 0 Å². The number of anilines is 1. The molecule has 6 aliphatic rings. The summed E-state index contributed by atoms with van der Waals surface area (Å²) in [7, 11) is 0. The van der Waals surface area contributed by atoms with Gasteiger partial charge in [0.1, 0.15) is 6.04 Å². The van der Waals surface area contributed by atoms with Gasteiger partial charge >= 0.3 is 0 Å². The maximum atomic E-state index is 13.8. The van der Waals surface area contributed by atoms with E-state index in [4.69, 9.17) is 11.6 Å². The minimum Gasteiger partial charge on any atom is -0.369 e. The zero-order chi connectivity index (χ0) is 24.7. The Kier molecular flexibility index (Phi) is 6.93. The van der Waals surface area contributed by atoms with Gasteiger partial charge in [0.05, 0.1) is 5.41 Å². The summed E-state index contributed by atoms with van der Waals surface area (Å²) in [5.41, 5.74) is 1.05. The number of carbonyl (C=O) groups excluding carboxylic acids is 2. The van der Waals surface area contributed by atoms with Crippen LogP contribution in [0.15, 0.2) is 24.3 Å². The number of nitrogens with zero attached hydrogens (tertiary/aromatic N) is 3. The van der Waals surface area contributed by atoms with Crippen molar-refractivity contribution in [2.75, 3.05) is 50.7 Å². The van der Waals surface area contributed by atoms with Crippen molar-refractivity contribution in [3.8, 4) is 0 Å². The average Bonchev–Trinajstić information content (AvgIpc) is 3.36. The maximum Gasteiger partial charge on any atom is 0.242 e. The summed E-state index contributed by atoms with van der Waals surface area (Å²) in [6, 6.07) is 7.82. The van der Waals surface area contributed by atoms with Crippen LogP contribution in [-0.4, -0.2) is 73.5 Å². The standard InChI is InChI=1S/C29H41ClN4O2/c30-24-4-1-5-25(17-24)33-12-10-32(11-13-33)8-3-7-31-27(35)26-6-2-9-34(26)28(36)29-18-21-14-22(19-29)16-23(15-21)20-29/h1,4-5,17,21-23,26H,2-3,6-16,18-20H2,(H,31,35)/t21?,22?,23?,26-,29?/m0/s1. The van der Waals surface area contributed by atoms with Gasteiger partial charge in [-0.2, -0.15) is 0 Å². The largest absolute Gasteiger partial charge is 0.369 e. The Hall–Kier alpha value is -1.79. The second-order valence-corrected chi connectivity index (χ2v) is 12.7. The Labute approximate surface area is 220 Å². The Balaban J connectivity index is 0.951. The Morgan fingerprint density at radius 3 is 2.33 bits per heavy atom. The SMILES string of the molecule is O=C(NCCCN1CCN(c2cccc(Cl)c2)CC1)[C@@H]1CCCN1C(=O)C12CC3CC(CC(C3)C1)C2. The number of nitrogens with one attached hydrogen (secondary N) is 1. The molecule has 2 amide bonds. The Morgan fingerprint density at radius 2 is 1.67 bits per heavy atom. The molecule has 4 aliphatic carbocycles. The molecule has 0 radical (unpaired) electrons. The van der Waals surface area contributed by atoms with Crippen LogP contribution in [0.4, 0.5) is 5.69 Å². The molecule has 2 saturated heterocycles. The first kappa shape index (κ1) is 24.5. The normalized spacial score (nSPS) is 33.8. The van der Waals surface area contributed by atoms with Crippen LogP contribution < -0.4 is 10.2 Å². The lowest BCUT2D eigenvalue weighted by atomic mass is 9.49. The van der Waals surface area contributed by atoms with Crippen LogP contribution in [0.3, 0.4) is 0 Å². The van der Waals surface area contributed by atoms with Crippen molar-refractivity contribution in [1.82, 2.24) is 15.1 Å². The van der Waals surface area contributed by atoms with E-state index in [0.717, 1.165) is 101 Å². The number of halogens is 1. The fourth-order valence-corrected chi connectivity index (χ4v) is 8.68. The molecule has 1 atom stereocenters. The van der Waals surface area contributed by atoms with Gasteiger partial charge < -0.3 is 15.1 Å². The van der Waals surface area contributed by atoms with Crippen LogP contribution in [0.1, 0.15) is 57.8 Å². The molecule has 2 aliphatic heterocycles. The monoisotopic (exact) mass is 512 g/mol. The quantitative estimate of drug-likeness (QED) is 0.557. The van der Waals surface area contributed by atoms with Gasteiger partial charge in [-0.05, 0) is 100 Å². The minimum absolute atomic E-state index is 0.0661. The number of carbonyl (C=O) groups is 2. The highest BCUT2D eigenvalue weighted by Gasteiger charge is 2.56. The van der Waals surface area contributed by atoms with Crippen LogP contribution in [-0.2, 0) is 9.59 Å². The third kappa shape index (κ3) is 4.88. The first-order valence-electron chi connectivity index (χ1n) is 14.3. The fraction of sp³-hybridized carbons (Fsp3) is 0.724. The third-order valence-corrected chi connectivity index (χ3v) is 10.0. The highest BCUT2D eigenvalue weighted by Crippen LogP contribution is 2.60. The average molecular weight is 513 g/mol. The van der Waals surface area contributed by atoms with Crippen LogP contribution in [0.5, 0.6) is 0 Å². The lowest BCUT2D eigenvalue weighted by Crippen LogP contribution is -2.57. The summed E-state index contributed by atoms with van der Waals surface area (Å²) in [6.07, 6.45) is 9.96. The van der Waals surface area contributed by atoms with E-state index in [0.29, 0.717) is 12.5 Å². The third-order valence-electron chi connectivity index (χ3n) is 9.80. The number of amides is 2. The van der Waals surface area contributed by atoms with Crippen molar-refractivity contribution in [3.05, 3.63) is 29.3 Å². The molecule has 7 rings (SSSR count). The smallest absolute Gasteiger partial charge is 0.242 e. The summed E-state index contributed by atoms with van der Waals surface area (Å²) in [5.74, 6) is 2.64. The molecule has 1 aromatic rings. The molecule has 0 spiro atoms. The zero-order valence-electron chi connectivity index (χ0n) is 21.5. The van der Waals surface area contributed by atoms with Gasteiger partial charge in [0.15, 0.2) is 0 Å². The maximum absolute atomic E-state index is 13.8. The topological polar surface area (TPSA) is 55.9 Å². The Morgan fingerprint density at radius 1 is 0.972 bits per heavy atom. The highest BCUT2D eigenvalue weighted by atomic mass is 35.5. The number of hydrogen-bond acceptors (Lipinski definition) is 4.